The van der Waals surface area contributed by atoms with Crippen LogP contribution in [0, 0.1) is 5.92 Å². The van der Waals surface area contributed by atoms with Crippen LogP contribution in [0.2, 0.25) is 0 Å². The van der Waals surface area contributed by atoms with Crippen molar-refractivity contribution in [1.82, 2.24) is 15.2 Å². The Morgan fingerprint density at radius 1 is 1.35 bits per heavy atom. The molecule has 2 unspecified atom stereocenters. The third-order valence-electron chi connectivity index (χ3n) is 3.83. The summed E-state index contributed by atoms with van der Waals surface area (Å²) < 4.78 is 40.3. The standard InChI is InChI=1S/C15H15F3N4O/c1-22-8-9(7-19-22)10-6-11(10)14(23)21-20-13-5-3-2-4-12(13)15(16,17)18/h2-5,7-8,10-11,20H,6H2,1H3,(H,21,23). The Morgan fingerprint density at radius 2 is 2.09 bits per heavy atom. The van der Waals surface area contributed by atoms with E-state index in [-0.39, 0.29) is 23.4 Å². The highest BCUT2D eigenvalue weighted by atomic mass is 19.4. The highest BCUT2D eigenvalue weighted by Crippen LogP contribution is 2.47. The van der Waals surface area contributed by atoms with Gasteiger partial charge >= 0.3 is 6.18 Å². The minimum absolute atomic E-state index is 0.0726. The van der Waals surface area contributed by atoms with Gasteiger partial charge in [0, 0.05) is 19.2 Å². The molecule has 1 saturated carbocycles. The topological polar surface area (TPSA) is 59.0 Å². The van der Waals surface area contributed by atoms with E-state index in [1.54, 1.807) is 17.9 Å². The van der Waals surface area contributed by atoms with Crippen molar-refractivity contribution in [1.29, 1.82) is 0 Å². The smallest absolute Gasteiger partial charge is 0.298 e. The molecule has 1 heterocycles. The fraction of sp³-hybridized carbons (Fsp3) is 0.333. The van der Waals surface area contributed by atoms with Gasteiger partial charge in [0.05, 0.1) is 17.4 Å². The number of para-hydroxylation sites is 1. The fourth-order valence-electron chi connectivity index (χ4n) is 2.55. The van der Waals surface area contributed by atoms with Crippen molar-refractivity contribution in [2.75, 3.05) is 5.43 Å². The van der Waals surface area contributed by atoms with E-state index in [1.807, 2.05) is 6.20 Å². The molecule has 0 radical (unpaired) electrons. The molecule has 1 aromatic carbocycles. The van der Waals surface area contributed by atoms with Gasteiger partial charge in [-0.15, -0.1) is 0 Å². The first-order chi connectivity index (χ1) is 10.9. The number of aromatic nitrogens is 2. The van der Waals surface area contributed by atoms with Crippen LogP contribution in [-0.2, 0) is 18.0 Å². The van der Waals surface area contributed by atoms with Gasteiger partial charge in [0.15, 0.2) is 0 Å². The number of halogens is 3. The van der Waals surface area contributed by atoms with E-state index in [0.717, 1.165) is 11.6 Å². The quantitative estimate of drug-likeness (QED) is 0.850. The molecule has 8 heteroatoms. The van der Waals surface area contributed by atoms with E-state index in [0.29, 0.717) is 6.42 Å². The molecule has 0 aliphatic heterocycles. The zero-order valence-corrected chi connectivity index (χ0v) is 12.3. The predicted octanol–water partition coefficient (Wildman–Crippen LogP) is 2.69. The van der Waals surface area contributed by atoms with Crippen LogP contribution < -0.4 is 10.9 Å². The van der Waals surface area contributed by atoms with Crippen molar-refractivity contribution in [2.45, 2.75) is 18.5 Å². The zero-order valence-electron chi connectivity index (χ0n) is 12.3. The maximum absolute atomic E-state index is 12.9. The summed E-state index contributed by atoms with van der Waals surface area (Å²) in [6, 6.07) is 5.01. The molecular formula is C15H15F3N4O. The number of carbonyl (C=O) groups excluding carboxylic acids is 1. The molecule has 0 saturated heterocycles. The number of nitrogens with zero attached hydrogens (tertiary/aromatic N) is 2. The first-order valence-electron chi connectivity index (χ1n) is 7.07. The van der Waals surface area contributed by atoms with Gasteiger partial charge in [-0.05, 0) is 30.0 Å². The molecule has 23 heavy (non-hydrogen) atoms. The van der Waals surface area contributed by atoms with Crippen LogP contribution in [0.5, 0.6) is 0 Å². The summed E-state index contributed by atoms with van der Waals surface area (Å²) in [7, 11) is 1.79. The number of hydrogen-bond acceptors (Lipinski definition) is 3. The Labute approximate surface area is 130 Å². The molecule has 2 aromatic rings. The Morgan fingerprint density at radius 3 is 2.74 bits per heavy atom. The molecule has 1 amide bonds. The van der Waals surface area contributed by atoms with E-state index in [4.69, 9.17) is 0 Å². The van der Waals surface area contributed by atoms with Crippen molar-refractivity contribution in [3.8, 4) is 0 Å². The normalized spacial score (nSPS) is 20.2. The fourth-order valence-corrected chi connectivity index (χ4v) is 2.55. The summed E-state index contributed by atoms with van der Waals surface area (Å²) in [5, 5.41) is 4.05. The second-order valence-electron chi connectivity index (χ2n) is 5.55. The van der Waals surface area contributed by atoms with Crippen LogP contribution in [0.15, 0.2) is 36.7 Å². The number of aryl methyl sites for hydroxylation is 1. The largest absolute Gasteiger partial charge is 0.418 e. The monoisotopic (exact) mass is 324 g/mol. The summed E-state index contributed by atoms with van der Waals surface area (Å²) >= 11 is 0. The lowest BCUT2D eigenvalue weighted by molar-refractivity contribution is -0.137. The number of anilines is 1. The molecule has 2 N–H and O–H groups in total. The van der Waals surface area contributed by atoms with E-state index in [9.17, 15) is 18.0 Å². The number of nitrogens with one attached hydrogen (secondary N) is 2. The number of hydrazine groups is 1. The molecule has 5 nitrogen and oxygen atoms in total. The minimum atomic E-state index is -4.48. The van der Waals surface area contributed by atoms with Crippen LogP contribution in [0.4, 0.5) is 18.9 Å². The van der Waals surface area contributed by atoms with Crippen molar-refractivity contribution in [2.24, 2.45) is 13.0 Å². The summed E-state index contributed by atoms with van der Waals surface area (Å²) in [6.45, 7) is 0. The van der Waals surface area contributed by atoms with Crippen LogP contribution >= 0.6 is 0 Å². The van der Waals surface area contributed by atoms with Crippen LogP contribution in [-0.4, -0.2) is 15.7 Å². The summed E-state index contributed by atoms with van der Waals surface area (Å²) in [4.78, 5) is 12.0. The number of alkyl halides is 3. The average Bonchev–Trinajstić information content (AvgIpc) is 3.19. The number of hydrogen-bond donors (Lipinski definition) is 2. The highest BCUT2D eigenvalue weighted by Gasteiger charge is 2.44. The number of carbonyl (C=O) groups is 1. The van der Waals surface area contributed by atoms with Crippen molar-refractivity contribution in [3.63, 3.8) is 0 Å². The van der Waals surface area contributed by atoms with Crippen LogP contribution in [0.3, 0.4) is 0 Å². The maximum atomic E-state index is 12.9. The lowest BCUT2D eigenvalue weighted by Gasteiger charge is -2.14. The van der Waals surface area contributed by atoms with E-state index < -0.39 is 11.7 Å². The predicted molar refractivity (Wildman–Crippen MR) is 77.3 cm³/mol. The number of benzene rings is 1. The maximum Gasteiger partial charge on any atom is 0.418 e. The lowest BCUT2D eigenvalue weighted by atomic mass is 10.2. The first-order valence-corrected chi connectivity index (χ1v) is 7.07. The van der Waals surface area contributed by atoms with Gasteiger partial charge in [-0.1, -0.05) is 12.1 Å². The Balaban J connectivity index is 1.61. The van der Waals surface area contributed by atoms with Crippen molar-refractivity contribution >= 4 is 11.6 Å². The summed E-state index contributed by atoms with van der Waals surface area (Å²) in [6.07, 6.45) is -0.277. The highest BCUT2D eigenvalue weighted by molar-refractivity contribution is 5.84. The van der Waals surface area contributed by atoms with Gasteiger partial charge in [0.2, 0.25) is 5.91 Å². The van der Waals surface area contributed by atoms with Crippen molar-refractivity contribution in [3.05, 3.63) is 47.8 Å². The van der Waals surface area contributed by atoms with Gasteiger partial charge in [-0.25, -0.2) is 0 Å². The molecular weight excluding hydrogens is 309 g/mol. The molecule has 0 spiro atoms. The Kier molecular flexibility index (Phi) is 3.75. The van der Waals surface area contributed by atoms with Gasteiger partial charge in [0.1, 0.15) is 0 Å². The van der Waals surface area contributed by atoms with Gasteiger partial charge in [-0.3, -0.25) is 20.3 Å². The first kappa shape index (κ1) is 15.4. The second-order valence-corrected chi connectivity index (χ2v) is 5.55. The Bertz CT molecular complexity index is 726. The third-order valence-corrected chi connectivity index (χ3v) is 3.83. The summed E-state index contributed by atoms with van der Waals surface area (Å²) in [5.41, 5.74) is 4.71. The molecule has 1 aliphatic rings. The summed E-state index contributed by atoms with van der Waals surface area (Å²) in [5.74, 6) is -0.496. The average molecular weight is 324 g/mol. The van der Waals surface area contributed by atoms with E-state index in [2.05, 4.69) is 16.0 Å². The van der Waals surface area contributed by atoms with Gasteiger partial charge < -0.3 is 0 Å². The molecule has 0 bridgehead atoms. The van der Waals surface area contributed by atoms with Crippen LogP contribution in [0.25, 0.3) is 0 Å². The Hall–Kier alpha value is -2.51. The van der Waals surface area contributed by atoms with Crippen molar-refractivity contribution < 1.29 is 18.0 Å². The molecule has 1 aliphatic carbocycles. The number of amides is 1. The third kappa shape index (κ3) is 3.30. The van der Waals surface area contributed by atoms with E-state index >= 15 is 0 Å². The van der Waals surface area contributed by atoms with Crippen LogP contribution in [0.1, 0.15) is 23.5 Å². The molecule has 1 fully saturated rings. The molecule has 3 rings (SSSR count). The second kappa shape index (κ2) is 5.60. The minimum Gasteiger partial charge on any atom is -0.298 e. The molecule has 1 aromatic heterocycles. The molecule has 122 valence electrons. The van der Waals surface area contributed by atoms with E-state index in [1.165, 1.54) is 18.2 Å². The number of rotatable bonds is 4. The van der Waals surface area contributed by atoms with Gasteiger partial charge in [-0.2, -0.15) is 18.3 Å². The SMILES string of the molecule is Cn1cc(C2CC2C(=O)NNc2ccccc2C(F)(F)F)cn1. The zero-order chi connectivity index (χ0) is 16.6. The lowest BCUT2D eigenvalue weighted by Crippen LogP contribution is -2.32. The molecule has 2 atom stereocenters. The van der Waals surface area contributed by atoms with Gasteiger partial charge in [0.25, 0.3) is 0 Å².